The van der Waals surface area contributed by atoms with Crippen molar-refractivity contribution in [1.82, 2.24) is 9.13 Å². The van der Waals surface area contributed by atoms with E-state index in [1.54, 1.807) is 0 Å². The van der Waals surface area contributed by atoms with E-state index >= 15 is 0 Å². The van der Waals surface area contributed by atoms with E-state index in [2.05, 4.69) is 215 Å². The quantitative estimate of drug-likeness (QED) is 0.167. The van der Waals surface area contributed by atoms with Crippen molar-refractivity contribution < 1.29 is 0 Å². The van der Waals surface area contributed by atoms with E-state index in [-0.39, 0.29) is 0 Å². The zero-order valence-corrected chi connectivity index (χ0v) is 31.2. The topological polar surface area (TPSA) is 9.86 Å². The van der Waals surface area contributed by atoms with Gasteiger partial charge in [-0.25, -0.2) is 0 Å². The van der Waals surface area contributed by atoms with Crippen molar-refractivity contribution in [2.45, 2.75) is 6.42 Å². The summed E-state index contributed by atoms with van der Waals surface area (Å²) < 4.78 is 4.85. The second-order valence-corrected chi connectivity index (χ2v) is 15.3. The molecule has 0 fully saturated rings. The van der Waals surface area contributed by atoms with Gasteiger partial charge >= 0.3 is 0 Å². The van der Waals surface area contributed by atoms with Gasteiger partial charge in [-0.2, -0.15) is 0 Å². The summed E-state index contributed by atoms with van der Waals surface area (Å²) in [6.45, 7) is 0. The van der Waals surface area contributed by atoms with Crippen LogP contribution in [0.1, 0.15) is 11.1 Å². The van der Waals surface area contributed by atoms with Crippen molar-refractivity contribution in [3.8, 4) is 55.9 Å². The molecule has 0 unspecified atom stereocenters. The molecule has 11 aromatic rings. The standard InChI is InChI=1S/C55H36N2/c1-2-12-36(13-3-1)44-15-6-7-16-45(44)37-22-27-42(28-23-37)56-52-20-10-8-18-47(52)50-33-38(25-30-54(50)56)39-26-31-55-51(34-39)48-19-9-11-21-53(48)57(55)43-29-24-41-32-40-14-4-5-17-46(40)49(41)35-43/h1-31,33-35H,32H2. The first-order chi connectivity index (χ1) is 28.3. The number of rotatable bonds is 5. The molecular weight excluding hydrogens is 689 g/mol. The Kier molecular flexibility index (Phi) is 7.02. The predicted octanol–water partition coefficient (Wildman–Crippen LogP) is 14.5. The molecule has 1 aliphatic carbocycles. The summed E-state index contributed by atoms with van der Waals surface area (Å²) in [6, 6.07) is 75.9. The highest BCUT2D eigenvalue weighted by molar-refractivity contribution is 6.12. The monoisotopic (exact) mass is 724 g/mol. The van der Waals surface area contributed by atoms with Gasteiger partial charge in [0.1, 0.15) is 0 Å². The lowest BCUT2D eigenvalue weighted by molar-refractivity contribution is 1.17. The van der Waals surface area contributed by atoms with E-state index in [1.165, 1.54) is 105 Å². The first-order valence-electron chi connectivity index (χ1n) is 19.8. The normalized spacial score (nSPS) is 12.1. The molecule has 57 heavy (non-hydrogen) atoms. The van der Waals surface area contributed by atoms with Gasteiger partial charge in [0.2, 0.25) is 0 Å². The zero-order chi connectivity index (χ0) is 37.5. The molecule has 1 aliphatic rings. The third kappa shape index (κ3) is 4.97. The molecule has 0 spiro atoms. The maximum absolute atomic E-state index is 2.44. The van der Waals surface area contributed by atoms with Crippen molar-refractivity contribution in [2.75, 3.05) is 0 Å². The lowest BCUT2D eigenvalue weighted by Crippen LogP contribution is -1.95. The van der Waals surface area contributed by atoms with Gasteiger partial charge in [-0.15, -0.1) is 0 Å². The number of para-hydroxylation sites is 2. The van der Waals surface area contributed by atoms with E-state index in [0.29, 0.717) is 0 Å². The molecule has 2 nitrogen and oxygen atoms in total. The summed E-state index contributed by atoms with van der Waals surface area (Å²) in [5.41, 5.74) is 20.1. The summed E-state index contributed by atoms with van der Waals surface area (Å²) in [6.07, 6.45) is 1.00. The van der Waals surface area contributed by atoms with Gasteiger partial charge < -0.3 is 9.13 Å². The third-order valence-corrected chi connectivity index (χ3v) is 12.2. The minimum absolute atomic E-state index is 1.00. The van der Waals surface area contributed by atoms with Crippen molar-refractivity contribution in [3.63, 3.8) is 0 Å². The van der Waals surface area contributed by atoms with Crippen LogP contribution in [0.3, 0.4) is 0 Å². The number of benzene rings is 9. The number of hydrogen-bond acceptors (Lipinski definition) is 0. The molecule has 0 amide bonds. The number of nitrogens with zero attached hydrogens (tertiary/aromatic N) is 2. The highest BCUT2D eigenvalue weighted by Crippen LogP contribution is 2.42. The summed E-state index contributed by atoms with van der Waals surface area (Å²) in [5.74, 6) is 0. The van der Waals surface area contributed by atoms with Crippen LogP contribution in [0.25, 0.3) is 99.5 Å². The van der Waals surface area contributed by atoms with E-state index in [0.717, 1.165) is 12.1 Å². The van der Waals surface area contributed by atoms with E-state index < -0.39 is 0 Å². The van der Waals surface area contributed by atoms with Crippen LogP contribution in [0.4, 0.5) is 0 Å². The van der Waals surface area contributed by atoms with Crippen LogP contribution >= 0.6 is 0 Å². The summed E-state index contributed by atoms with van der Waals surface area (Å²) in [4.78, 5) is 0. The Balaban J connectivity index is 0.958. The lowest BCUT2D eigenvalue weighted by Gasteiger charge is -2.13. The van der Waals surface area contributed by atoms with Gasteiger partial charge in [0.25, 0.3) is 0 Å². The van der Waals surface area contributed by atoms with Gasteiger partial charge in [0.15, 0.2) is 0 Å². The van der Waals surface area contributed by atoms with Gasteiger partial charge in [0.05, 0.1) is 22.1 Å². The smallest absolute Gasteiger partial charge is 0.0541 e. The Hall–Kier alpha value is -7.42. The maximum atomic E-state index is 2.44. The molecule has 0 aliphatic heterocycles. The summed E-state index contributed by atoms with van der Waals surface area (Å²) in [5, 5.41) is 5.04. The van der Waals surface area contributed by atoms with Crippen molar-refractivity contribution in [1.29, 1.82) is 0 Å². The first kappa shape index (κ1) is 31.9. The van der Waals surface area contributed by atoms with E-state index in [9.17, 15) is 0 Å². The van der Waals surface area contributed by atoms with Crippen LogP contribution in [0.2, 0.25) is 0 Å². The Morgan fingerprint density at radius 1 is 0.263 bits per heavy atom. The van der Waals surface area contributed by atoms with Crippen LogP contribution < -0.4 is 0 Å². The molecule has 0 N–H and O–H groups in total. The van der Waals surface area contributed by atoms with Gasteiger partial charge in [0, 0.05) is 32.9 Å². The minimum atomic E-state index is 1.00. The maximum Gasteiger partial charge on any atom is 0.0541 e. The van der Waals surface area contributed by atoms with Crippen LogP contribution in [0.15, 0.2) is 206 Å². The van der Waals surface area contributed by atoms with Crippen molar-refractivity contribution >= 4 is 43.6 Å². The molecule has 0 bridgehead atoms. The van der Waals surface area contributed by atoms with Gasteiger partial charge in [-0.3, -0.25) is 0 Å². The van der Waals surface area contributed by atoms with Crippen LogP contribution in [0, 0.1) is 0 Å². The lowest BCUT2D eigenvalue weighted by atomic mass is 9.94. The van der Waals surface area contributed by atoms with E-state index in [1.807, 2.05) is 0 Å². The van der Waals surface area contributed by atoms with Gasteiger partial charge in [-0.05, 0) is 123 Å². The zero-order valence-electron chi connectivity index (χ0n) is 31.2. The minimum Gasteiger partial charge on any atom is -0.309 e. The fourth-order valence-electron chi connectivity index (χ4n) is 9.51. The number of aromatic nitrogens is 2. The predicted molar refractivity (Wildman–Crippen MR) is 240 cm³/mol. The molecule has 0 radical (unpaired) electrons. The fourth-order valence-corrected chi connectivity index (χ4v) is 9.51. The largest absolute Gasteiger partial charge is 0.309 e. The Morgan fingerprint density at radius 2 is 0.719 bits per heavy atom. The van der Waals surface area contributed by atoms with Crippen LogP contribution in [0.5, 0.6) is 0 Å². The summed E-state index contributed by atoms with van der Waals surface area (Å²) in [7, 11) is 0. The number of fused-ring (bicyclic) bond motifs is 9. The molecule has 266 valence electrons. The van der Waals surface area contributed by atoms with Gasteiger partial charge in [-0.1, -0.05) is 146 Å². The Bertz CT molecular complexity index is 3360. The molecular formula is C55H36N2. The molecule has 2 aromatic heterocycles. The molecule has 2 heteroatoms. The fraction of sp³-hybridized carbons (Fsp3) is 0.0182. The average Bonchev–Trinajstić information content (AvgIpc) is 3.94. The van der Waals surface area contributed by atoms with Crippen molar-refractivity contribution in [2.24, 2.45) is 0 Å². The third-order valence-electron chi connectivity index (χ3n) is 12.2. The Morgan fingerprint density at radius 3 is 1.37 bits per heavy atom. The van der Waals surface area contributed by atoms with Crippen LogP contribution in [-0.4, -0.2) is 9.13 Å². The Labute approximate surface area is 331 Å². The summed E-state index contributed by atoms with van der Waals surface area (Å²) >= 11 is 0. The second kappa shape index (κ2) is 12.6. The first-order valence-corrected chi connectivity index (χ1v) is 19.8. The highest BCUT2D eigenvalue weighted by Gasteiger charge is 2.21. The molecule has 9 aromatic carbocycles. The van der Waals surface area contributed by atoms with E-state index in [4.69, 9.17) is 0 Å². The van der Waals surface area contributed by atoms with Crippen molar-refractivity contribution in [3.05, 3.63) is 217 Å². The van der Waals surface area contributed by atoms with Crippen LogP contribution in [-0.2, 0) is 6.42 Å². The molecule has 0 atom stereocenters. The average molecular weight is 725 g/mol. The molecule has 2 heterocycles. The molecule has 12 rings (SSSR count). The SMILES string of the molecule is c1ccc(-c2ccccc2-c2ccc(-n3c4ccccc4c4cc(-c5ccc6c(c5)c5ccccc5n6-c5ccc6c(c5)-c5ccccc5C6)ccc43)cc2)cc1. The number of hydrogen-bond donors (Lipinski definition) is 0. The highest BCUT2D eigenvalue weighted by atomic mass is 15.0. The second-order valence-electron chi connectivity index (χ2n) is 15.3. The molecule has 0 saturated heterocycles. The molecule has 0 saturated carbocycles.